The van der Waals surface area contributed by atoms with E-state index in [0.717, 1.165) is 14.7 Å². The van der Waals surface area contributed by atoms with Gasteiger partial charge in [-0.05, 0) is 34.1 Å². The Balaban J connectivity index is 2.28. The van der Waals surface area contributed by atoms with Gasteiger partial charge in [-0.1, -0.05) is 6.92 Å². The molecule has 0 aliphatic rings. The number of halogens is 1. The highest BCUT2D eigenvalue weighted by Crippen LogP contribution is 2.26. The summed E-state index contributed by atoms with van der Waals surface area (Å²) in [6.45, 7) is 2.29. The van der Waals surface area contributed by atoms with Crippen LogP contribution in [0.1, 0.15) is 22.3 Å². The van der Waals surface area contributed by atoms with Crippen LogP contribution in [-0.2, 0) is 16.6 Å². The number of hydrogen-bond donors (Lipinski definition) is 2. The predicted octanol–water partition coefficient (Wildman–Crippen LogP) is 2.75. The molecule has 2 heterocycles. The first-order valence-corrected chi connectivity index (χ1v) is 9.05. The zero-order chi connectivity index (χ0) is 15.6. The van der Waals surface area contributed by atoms with E-state index in [1.54, 1.807) is 6.92 Å². The van der Waals surface area contributed by atoms with Gasteiger partial charge in [0, 0.05) is 24.2 Å². The maximum atomic E-state index is 12.5. The standard InChI is InChI=1S/C12H13BrN2O4S2/c1-2-15(7-8-3-4-11(13)20-8)21(18,19)9-5-10(12(16)17)14-6-9/h3-6,14H,2,7H2,1H3,(H,16,17). The van der Waals surface area contributed by atoms with Crippen molar-refractivity contribution in [3.63, 3.8) is 0 Å². The fourth-order valence-electron chi connectivity index (χ4n) is 1.77. The van der Waals surface area contributed by atoms with Crippen molar-refractivity contribution in [3.8, 4) is 0 Å². The molecule has 2 N–H and O–H groups in total. The molecule has 21 heavy (non-hydrogen) atoms. The van der Waals surface area contributed by atoms with Crippen molar-refractivity contribution in [2.45, 2.75) is 18.4 Å². The minimum Gasteiger partial charge on any atom is -0.477 e. The molecular weight excluding hydrogens is 380 g/mol. The van der Waals surface area contributed by atoms with E-state index in [4.69, 9.17) is 5.11 Å². The Morgan fingerprint density at radius 2 is 2.19 bits per heavy atom. The van der Waals surface area contributed by atoms with Crippen molar-refractivity contribution >= 4 is 43.3 Å². The van der Waals surface area contributed by atoms with E-state index in [1.165, 1.54) is 21.8 Å². The van der Waals surface area contributed by atoms with E-state index in [2.05, 4.69) is 20.9 Å². The van der Waals surface area contributed by atoms with Crippen LogP contribution in [0, 0.1) is 0 Å². The van der Waals surface area contributed by atoms with Gasteiger partial charge in [-0.2, -0.15) is 4.31 Å². The molecular formula is C12H13BrN2O4S2. The molecule has 0 unspecified atom stereocenters. The van der Waals surface area contributed by atoms with Crippen LogP contribution in [-0.4, -0.2) is 35.3 Å². The number of sulfonamides is 1. The van der Waals surface area contributed by atoms with Gasteiger partial charge in [-0.3, -0.25) is 0 Å². The van der Waals surface area contributed by atoms with Crippen LogP contribution in [0.25, 0.3) is 0 Å². The molecule has 0 fully saturated rings. The highest BCUT2D eigenvalue weighted by molar-refractivity contribution is 9.11. The van der Waals surface area contributed by atoms with Crippen LogP contribution in [0.5, 0.6) is 0 Å². The second kappa shape index (κ2) is 6.30. The van der Waals surface area contributed by atoms with E-state index >= 15 is 0 Å². The molecule has 6 nitrogen and oxygen atoms in total. The molecule has 2 aromatic heterocycles. The van der Waals surface area contributed by atoms with Crippen molar-refractivity contribution in [3.05, 3.63) is 38.8 Å². The lowest BCUT2D eigenvalue weighted by molar-refractivity contribution is 0.0691. The maximum Gasteiger partial charge on any atom is 0.352 e. The molecule has 114 valence electrons. The number of nitrogens with one attached hydrogen (secondary N) is 1. The van der Waals surface area contributed by atoms with Gasteiger partial charge in [0.25, 0.3) is 0 Å². The molecule has 9 heteroatoms. The first kappa shape index (κ1) is 16.2. The SMILES string of the molecule is CCN(Cc1ccc(Br)s1)S(=O)(=O)c1c[nH]c(C(=O)O)c1. The number of H-pyrrole nitrogens is 1. The number of nitrogens with zero attached hydrogens (tertiary/aromatic N) is 1. The summed E-state index contributed by atoms with van der Waals surface area (Å²) in [5.74, 6) is -1.19. The van der Waals surface area contributed by atoms with Crippen molar-refractivity contribution in [1.29, 1.82) is 0 Å². The Bertz CT molecular complexity index is 751. The lowest BCUT2D eigenvalue weighted by atomic mass is 10.4. The van der Waals surface area contributed by atoms with Crippen LogP contribution in [0.2, 0.25) is 0 Å². The highest BCUT2D eigenvalue weighted by atomic mass is 79.9. The average molecular weight is 393 g/mol. The maximum absolute atomic E-state index is 12.5. The molecule has 0 radical (unpaired) electrons. The quantitative estimate of drug-likeness (QED) is 0.790. The lowest BCUT2D eigenvalue weighted by Crippen LogP contribution is -2.29. The van der Waals surface area contributed by atoms with E-state index < -0.39 is 16.0 Å². The van der Waals surface area contributed by atoms with Crippen molar-refractivity contribution in [1.82, 2.24) is 9.29 Å². The summed E-state index contributed by atoms with van der Waals surface area (Å²) in [4.78, 5) is 14.1. The van der Waals surface area contributed by atoms with Crippen LogP contribution in [0.15, 0.2) is 33.1 Å². The van der Waals surface area contributed by atoms with Crippen LogP contribution in [0.3, 0.4) is 0 Å². The topological polar surface area (TPSA) is 90.5 Å². The zero-order valence-electron chi connectivity index (χ0n) is 11.0. The Kier molecular flexibility index (Phi) is 4.87. The van der Waals surface area contributed by atoms with E-state index in [1.807, 2.05) is 12.1 Å². The molecule has 0 spiro atoms. The third-order valence-corrected chi connectivity index (χ3v) is 6.35. The minimum absolute atomic E-state index is 0.0441. The molecule has 0 atom stereocenters. The van der Waals surface area contributed by atoms with Crippen molar-refractivity contribution < 1.29 is 18.3 Å². The van der Waals surface area contributed by atoms with Gasteiger partial charge < -0.3 is 10.1 Å². The number of aromatic amines is 1. The minimum atomic E-state index is -3.72. The number of hydrogen-bond acceptors (Lipinski definition) is 4. The zero-order valence-corrected chi connectivity index (χ0v) is 14.3. The molecule has 0 amide bonds. The number of carboxylic acids is 1. The van der Waals surface area contributed by atoms with Crippen LogP contribution < -0.4 is 0 Å². The molecule has 0 aromatic carbocycles. The summed E-state index contributed by atoms with van der Waals surface area (Å²) in [6.07, 6.45) is 1.20. The fourth-order valence-corrected chi connectivity index (χ4v) is 4.78. The molecule has 0 saturated heterocycles. The van der Waals surface area contributed by atoms with Gasteiger partial charge in [0.05, 0.1) is 3.79 Å². The number of rotatable bonds is 6. The lowest BCUT2D eigenvalue weighted by Gasteiger charge is -2.18. The number of carbonyl (C=O) groups is 1. The molecule has 0 saturated carbocycles. The monoisotopic (exact) mass is 392 g/mol. The summed E-state index contributed by atoms with van der Waals surface area (Å²) < 4.78 is 27.3. The van der Waals surface area contributed by atoms with Crippen molar-refractivity contribution in [2.24, 2.45) is 0 Å². The molecule has 0 aliphatic carbocycles. The Morgan fingerprint density at radius 1 is 1.48 bits per heavy atom. The molecule has 2 rings (SSSR count). The number of aromatic carboxylic acids is 1. The van der Waals surface area contributed by atoms with Gasteiger partial charge >= 0.3 is 5.97 Å². The second-order valence-electron chi connectivity index (χ2n) is 4.19. The number of aromatic nitrogens is 1. The largest absolute Gasteiger partial charge is 0.477 e. The highest BCUT2D eigenvalue weighted by Gasteiger charge is 2.25. The summed E-state index contributed by atoms with van der Waals surface area (Å²) >= 11 is 4.80. The summed E-state index contributed by atoms with van der Waals surface area (Å²) in [5.41, 5.74) is -0.150. The number of thiophene rings is 1. The van der Waals surface area contributed by atoms with E-state index in [0.29, 0.717) is 6.54 Å². The Labute approximate surface area is 134 Å². The molecule has 0 aliphatic heterocycles. The van der Waals surface area contributed by atoms with Crippen LogP contribution >= 0.6 is 27.3 Å². The number of carboxylic acid groups (broad SMARTS) is 1. The fraction of sp³-hybridized carbons (Fsp3) is 0.250. The van der Waals surface area contributed by atoms with Gasteiger partial charge in [0.2, 0.25) is 10.0 Å². The normalized spacial score (nSPS) is 12.0. The van der Waals surface area contributed by atoms with Gasteiger partial charge in [-0.25, -0.2) is 13.2 Å². The molecule has 2 aromatic rings. The molecule has 0 bridgehead atoms. The third-order valence-electron chi connectivity index (χ3n) is 2.84. The first-order valence-electron chi connectivity index (χ1n) is 6.00. The Hall–Kier alpha value is -1.16. The third kappa shape index (κ3) is 3.54. The average Bonchev–Trinajstić information content (AvgIpc) is 3.04. The van der Waals surface area contributed by atoms with Gasteiger partial charge in [-0.15, -0.1) is 11.3 Å². The van der Waals surface area contributed by atoms with E-state index in [9.17, 15) is 13.2 Å². The first-order chi connectivity index (χ1) is 9.84. The van der Waals surface area contributed by atoms with Gasteiger partial charge in [0.1, 0.15) is 10.6 Å². The summed E-state index contributed by atoms with van der Waals surface area (Å²) in [7, 11) is -3.72. The smallest absolute Gasteiger partial charge is 0.352 e. The van der Waals surface area contributed by atoms with E-state index in [-0.39, 0.29) is 17.1 Å². The second-order valence-corrected chi connectivity index (χ2v) is 8.68. The predicted molar refractivity (Wildman–Crippen MR) is 83.0 cm³/mol. The van der Waals surface area contributed by atoms with Gasteiger partial charge in [0.15, 0.2) is 0 Å². The Morgan fingerprint density at radius 3 is 2.67 bits per heavy atom. The van der Waals surface area contributed by atoms with Crippen molar-refractivity contribution in [2.75, 3.05) is 6.54 Å². The summed E-state index contributed by atoms with van der Waals surface area (Å²) in [6, 6.07) is 4.84. The summed E-state index contributed by atoms with van der Waals surface area (Å²) in [5, 5.41) is 8.85. The van der Waals surface area contributed by atoms with Crippen LogP contribution in [0.4, 0.5) is 0 Å².